The summed E-state index contributed by atoms with van der Waals surface area (Å²) < 4.78 is 0. The topological polar surface area (TPSA) is 54.0 Å². The summed E-state index contributed by atoms with van der Waals surface area (Å²) >= 11 is 1.80. The molecule has 1 fully saturated rings. The average molecular weight is 295 g/mol. The molecule has 112 valence electrons. The number of carbonyl (C=O) groups excluding carboxylic acids is 1. The Labute approximate surface area is 125 Å². The molecule has 20 heavy (non-hydrogen) atoms. The predicted octanol–water partition coefficient (Wildman–Crippen LogP) is 2.68. The van der Waals surface area contributed by atoms with Gasteiger partial charge >= 0.3 is 0 Å². The fourth-order valence-electron chi connectivity index (χ4n) is 2.44. The van der Waals surface area contributed by atoms with Crippen LogP contribution in [0.3, 0.4) is 0 Å². The lowest BCUT2D eigenvalue weighted by molar-refractivity contribution is -0.122. The van der Waals surface area contributed by atoms with Gasteiger partial charge in [0.25, 0.3) is 0 Å². The van der Waals surface area contributed by atoms with Crippen LogP contribution < -0.4 is 10.6 Å². The van der Waals surface area contributed by atoms with Gasteiger partial charge in [-0.2, -0.15) is 0 Å². The van der Waals surface area contributed by atoms with Crippen LogP contribution in [0.15, 0.2) is 0 Å². The van der Waals surface area contributed by atoms with E-state index in [0.29, 0.717) is 12.5 Å². The molecule has 5 heteroatoms. The van der Waals surface area contributed by atoms with Gasteiger partial charge in [-0.25, -0.2) is 4.98 Å². The quantitative estimate of drug-likeness (QED) is 0.901. The van der Waals surface area contributed by atoms with Crippen molar-refractivity contribution >= 4 is 17.2 Å². The summed E-state index contributed by atoms with van der Waals surface area (Å²) in [7, 11) is 0. The van der Waals surface area contributed by atoms with Crippen LogP contribution in [0.4, 0.5) is 0 Å². The lowest BCUT2D eigenvalue weighted by atomic mass is 9.98. The summed E-state index contributed by atoms with van der Waals surface area (Å²) in [6, 6.07) is 0.644. The zero-order valence-corrected chi connectivity index (χ0v) is 13.9. The second-order valence-corrected chi connectivity index (χ2v) is 7.68. The Morgan fingerprint density at radius 2 is 2.15 bits per heavy atom. The lowest BCUT2D eigenvalue weighted by Crippen LogP contribution is -2.46. The first-order valence-electron chi connectivity index (χ1n) is 7.28. The third-order valence-corrected chi connectivity index (χ3v) is 5.38. The third-order valence-electron chi connectivity index (χ3n) is 3.62. The number of aryl methyl sites for hydroxylation is 1. The van der Waals surface area contributed by atoms with Crippen LogP contribution in [0.1, 0.15) is 62.2 Å². The number of nitrogens with one attached hydrogen (secondary N) is 2. The predicted molar refractivity (Wildman–Crippen MR) is 83.1 cm³/mol. The molecule has 2 N–H and O–H groups in total. The maximum Gasteiger partial charge on any atom is 0.220 e. The fraction of sp³-hybridized carbons (Fsp3) is 0.733. The molecule has 0 spiro atoms. The summed E-state index contributed by atoms with van der Waals surface area (Å²) in [5.74, 6) is 0.166. The molecular formula is C15H25N3OS. The van der Waals surface area contributed by atoms with E-state index < -0.39 is 0 Å². The summed E-state index contributed by atoms with van der Waals surface area (Å²) in [5, 5.41) is 7.73. The average Bonchev–Trinajstić information content (AvgIpc) is 2.74. The lowest BCUT2D eigenvalue weighted by Gasteiger charge is -2.26. The van der Waals surface area contributed by atoms with Crippen molar-refractivity contribution in [2.75, 3.05) is 6.54 Å². The van der Waals surface area contributed by atoms with Gasteiger partial charge in [0.05, 0.1) is 10.7 Å². The van der Waals surface area contributed by atoms with E-state index in [0.717, 1.165) is 18.7 Å². The normalized spacial score (nSPS) is 21.6. The zero-order valence-electron chi connectivity index (χ0n) is 13.0. The smallest absolute Gasteiger partial charge is 0.220 e. The molecule has 1 aliphatic heterocycles. The van der Waals surface area contributed by atoms with E-state index in [9.17, 15) is 4.79 Å². The molecule has 0 aromatic carbocycles. The molecular weight excluding hydrogens is 270 g/mol. The standard InChI is InChI=1S/C15H25N3OS/c1-9(17-11-6-7-12(19)16-8-11)13-10(2)18-14(20-13)15(3,4)5/h9,11,17H,6-8H2,1-5H3,(H,16,19). The van der Waals surface area contributed by atoms with Crippen LogP contribution >= 0.6 is 11.3 Å². The molecule has 1 amide bonds. The van der Waals surface area contributed by atoms with Crippen LogP contribution in [0.2, 0.25) is 0 Å². The monoisotopic (exact) mass is 295 g/mol. The minimum Gasteiger partial charge on any atom is -0.355 e. The number of hydrogen-bond donors (Lipinski definition) is 2. The van der Waals surface area contributed by atoms with Crippen molar-refractivity contribution in [1.82, 2.24) is 15.6 Å². The first kappa shape index (κ1) is 15.4. The van der Waals surface area contributed by atoms with Crippen molar-refractivity contribution in [2.45, 2.75) is 65.0 Å². The molecule has 1 saturated heterocycles. The van der Waals surface area contributed by atoms with E-state index >= 15 is 0 Å². The van der Waals surface area contributed by atoms with Gasteiger partial charge < -0.3 is 10.6 Å². The van der Waals surface area contributed by atoms with Crippen LogP contribution in [-0.2, 0) is 10.2 Å². The zero-order chi connectivity index (χ0) is 14.9. The van der Waals surface area contributed by atoms with Gasteiger partial charge in [0.1, 0.15) is 0 Å². The molecule has 2 unspecified atom stereocenters. The molecule has 0 radical (unpaired) electrons. The van der Waals surface area contributed by atoms with Crippen molar-refractivity contribution in [1.29, 1.82) is 0 Å². The van der Waals surface area contributed by atoms with Crippen LogP contribution in [0.25, 0.3) is 0 Å². The van der Waals surface area contributed by atoms with Crippen LogP contribution in [0.5, 0.6) is 0 Å². The largest absolute Gasteiger partial charge is 0.355 e. The first-order chi connectivity index (χ1) is 9.27. The van der Waals surface area contributed by atoms with Gasteiger partial charge in [0, 0.05) is 35.3 Å². The third kappa shape index (κ3) is 3.58. The minimum absolute atomic E-state index is 0.103. The highest BCUT2D eigenvalue weighted by atomic mass is 32.1. The molecule has 2 rings (SSSR count). The summed E-state index contributed by atoms with van der Waals surface area (Å²) in [6.07, 6.45) is 1.54. The van der Waals surface area contributed by atoms with Crippen molar-refractivity contribution in [3.8, 4) is 0 Å². The Balaban J connectivity index is 2.04. The van der Waals surface area contributed by atoms with Gasteiger partial charge in [-0.15, -0.1) is 11.3 Å². The van der Waals surface area contributed by atoms with Gasteiger partial charge in [0.2, 0.25) is 5.91 Å². The van der Waals surface area contributed by atoms with Crippen LogP contribution in [-0.4, -0.2) is 23.5 Å². The number of carbonyl (C=O) groups is 1. The van der Waals surface area contributed by atoms with E-state index in [1.165, 1.54) is 9.88 Å². The van der Waals surface area contributed by atoms with Crippen molar-refractivity contribution in [3.05, 3.63) is 15.6 Å². The van der Waals surface area contributed by atoms with Crippen molar-refractivity contribution in [2.24, 2.45) is 0 Å². The second kappa shape index (κ2) is 5.82. The Hall–Kier alpha value is -0.940. The molecule has 4 nitrogen and oxygen atoms in total. The molecule has 0 aliphatic carbocycles. The number of thiazole rings is 1. The summed E-state index contributed by atoms with van der Waals surface area (Å²) in [6.45, 7) is 11.6. The molecule has 2 atom stereocenters. The number of amides is 1. The van der Waals surface area contributed by atoms with E-state index in [-0.39, 0.29) is 17.4 Å². The Kier molecular flexibility index (Phi) is 4.49. The minimum atomic E-state index is 0.103. The van der Waals surface area contributed by atoms with Gasteiger partial charge in [-0.1, -0.05) is 20.8 Å². The number of piperidine rings is 1. The van der Waals surface area contributed by atoms with E-state index in [2.05, 4.69) is 45.3 Å². The summed E-state index contributed by atoms with van der Waals surface area (Å²) in [4.78, 5) is 17.2. The Bertz CT molecular complexity index is 480. The molecule has 1 aliphatic rings. The molecule has 0 saturated carbocycles. The molecule has 1 aromatic heterocycles. The van der Waals surface area contributed by atoms with Crippen LogP contribution in [0, 0.1) is 6.92 Å². The fourth-order valence-corrected chi connectivity index (χ4v) is 3.57. The van der Waals surface area contributed by atoms with E-state index in [1.54, 1.807) is 11.3 Å². The van der Waals surface area contributed by atoms with Gasteiger partial charge in [0.15, 0.2) is 0 Å². The summed E-state index contributed by atoms with van der Waals surface area (Å²) in [5.41, 5.74) is 1.23. The maximum atomic E-state index is 11.2. The highest BCUT2D eigenvalue weighted by Gasteiger charge is 2.25. The first-order valence-corrected chi connectivity index (χ1v) is 8.09. The highest BCUT2D eigenvalue weighted by molar-refractivity contribution is 7.12. The molecule has 2 heterocycles. The Morgan fingerprint density at radius 3 is 2.65 bits per heavy atom. The second-order valence-electron chi connectivity index (χ2n) is 6.65. The number of hydrogen-bond acceptors (Lipinski definition) is 4. The van der Waals surface area contributed by atoms with Crippen molar-refractivity contribution in [3.63, 3.8) is 0 Å². The number of nitrogens with zero attached hydrogens (tertiary/aromatic N) is 1. The van der Waals surface area contributed by atoms with E-state index in [4.69, 9.17) is 4.98 Å². The molecule has 0 bridgehead atoms. The van der Waals surface area contributed by atoms with E-state index in [1.807, 2.05) is 0 Å². The Morgan fingerprint density at radius 1 is 1.45 bits per heavy atom. The maximum absolute atomic E-state index is 11.2. The highest BCUT2D eigenvalue weighted by Crippen LogP contribution is 2.32. The number of aromatic nitrogens is 1. The van der Waals surface area contributed by atoms with Gasteiger partial charge in [-0.05, 0) is 20.3 Å². The molecule has 1 aromatic rings. The SMILES string of the molecule is Cc1nc(C(C)(C)C)sc1C(C)NC1CCC(=O)NC1. The number of rotatable bonds is 3. The van der Waals surface area contributed by atoms with Gasteiger partial charge in [-0.3, -0.25) is 4.79 Å². The van der Waals surface area contributed by atoms with Crippen molar-refractivity contribution < 1.29 is 4.79 Å².